The summed E-state index contributed by atoms with van der Waals surface area (Å²) in [4.78, 5) is 0. The lowest BCUT2D eigenvalue weighted by Crippen LogP contribution is -2.33. The van der Waals surface area contributed by atoms with Gasteiger partial charge in [-0.3, -0.25) is 0 Å². The van der Waals surface area contributed by atoms with Crippen LogP contribution in [0.25, 0.3) is 0 Å². The fourth-order valence-corrected chi connectivity index (χ4v) is 3.85. The molecule has 0 unspecified atom stereocenters. The topological polar surface area (TPSA) is 58.2 Å². The minimum Gasteiger partial charge on any atom is -0.507 e. The maximum absolute atomic E-state index is 10.4. The summed E-state index contributed by atoms with van der Waals surface area (Å²) in [6, 6.07) is 17.6. The average Bonchev–Trinajstić information content (AvgIpc) is 3.30. The molecule has 0 fully saturated rings. The summed E-state index contributed by atoms with van der Waals surface area (Å²) < 4.78 is 12.1. The molecule has 5 rings (SSSR count). The molecule has 2 aromatic carbocycles. The lowest BCUT2D eigenvalue weighted by molar-refractivity contribution is -0.0329. The zero-order valence-electron chi connectivity index (χ0n) is 15.2. The van der Waals surface area contributed by atoms with Gasteiger partial charge in [-0.2, -0.15) is 5.10 Å². The Balaban J connectivity index is 1.62. The highest BCUT2D eigenvalue weighted by Gasteiger charge is 2.42. The summed E-state index contributed by atoms with van der Waals surface area (Å²) in [7, 11) is 0. The molecule has 0 spiro atoms. The smallest absolute Gasteiger partial charge is 0.246 e. The second-order valence-electron chi connectivity index (χ2n) is 7.12. The van der Waals surface area contributed by atoms with E-state index in [2.05, 4.69) is 6.07 Å². The quantitative estimate of drug-likeness (QED) is 0.710. The van der Waals surface area contributed by atoms with Crippen LogP contribution in [-0.4, -0.2) is 15.8 Å². The van der Waals surface area contributed by atoms with E-state index in [-0.39, 0.29) is 11.8 Å². The van der Waals surface area contributed by atoms with Crippen LogP contribution in [0.1, 0.15) is 46.9 Å². The number of phenols is 1. The van der Waals surface area contributed by atoms with Crippen molar-refractivity contribution in [1.29, 1.82) is 0 Å². The second-order valence-corrected chi connectivity index (χ2v) is 7.12. The van der Waals surface area contributed by atoms with E-state index in [4.69, 9.17) is 14.3 Å². The molecule has 0 aliphatic carbocycles. The Bertz CT molecular complexity index is 1050. The number of para-hydroxylation sites is 1. The molecule has 1 aromatic heterocycles. The number of hydrazone groups is 1. The lowest BCUT2D eigenvalue weighted by Gasteiger charge is -2.36. The molecule has 136 valence electrons. The van der Waals surface area contributed by atoms with Gasteiger partial charge in [-0.05, 0) is 44.2 Å². The number of benzene rings is 2. The van der Waals surface area contributed by atoms with Gasteiger partial charge in [-0.25, -0.2) is 5.01 Å². The summed E-state index contributed by atoms with van der Waals surface area (Å²) in [6.45, 7) is 3.93. The van der Waals surface area contributed by atoms with Crippen LogP contribution in [0.5, 0.6) is 11.5 Å². The molecule has 0 amide bonds. The summed E-state index contributed by atoms with van der Waals surface area (Å²) in [6.07, 6.45) is 0.274. The highest BCUT2D eigenvalue weighted by Crippen LogP contribution is 2.48. The first-order valence-corrected chi connectivity index (χ1v) is 9.08. The number of phenolic OH excluding ortho intramolecular Hbond substituents is 1. The SMILES string of the molecule is Cc1ccc(O)c(C2=NN3[C@H](C2)c2ccccc2O[C@H]3c2ccc(C)o2)c1. The first kappa shape index (κ1) is 16.0. The van der Waals surface area contributed by atoms with E-state index >= 15 is 0 Å². The lowest BCUT2D eigenvalue weighted by atomic mass is 9.95. The Labute approximate surface area is 157 Å². The Morgan fingerprint density at radius 3 is 2.74 bits per heavy atom. The predicted molar refractivity (Wildman–Crippen MR) is 102 cm³/mol. The standard InChI is InChI=1S/C22H20N2O3/c1-13-7-9-19(25)16(11-13)17-12-18-15-5-3-4-6-20(15)27-22(24(18)23-17)21-10-8-14(2)26-21/h3-11,18,22,25H,12H2,1-2H3/t18-,22+/m1/s1. The van der Waals surface area contributed by atoms with Crippen LogP contribution < -0.4 is 4.74 Å². The van der Waals surface area contributed by atoms with Crippen LogP contribution in [0.4, 0.5) is 0 Å². The molecule has 0 saturated carbocycles. The van der Waals surface area contributed by atoms with E-state index in [0.717, 1.165) is 39.7 Å². The third-order valence-electron chi connectivity index (χ3n) is 5.17. The summed E-state index contributed by atoms with van der Waals surface area (Å²) in [5.41, 5.74) is 3.82. The molecule has 0 saturated heterocycles. The molecule has 1 N–H and O–H groups in total. The van der Waals surface area contributed by atoms with Gasteiger partial charge < -0.3 is 14.3 Å². The number of fused-ring (bicyclic) bond motifs is 3. The molecule has 5 nitrogen and oxygen atoms in total. The number of ether oxygens (including phenoxy) is 1. The van der Waals surface area contributed by atoms with Gasteiger partial charge in [-0.15, -0.1) is 0 Å². The summed E-state index contributed by atoms with van der Waals surface area (Å²) in [5.74, 6) is 2.66. The summed E-state index contributed by atoms with van der Waals surface area (Å²) >= 11 is 0. The normalized spacial score (nSPS) is 20.7. The number of nitrogens with zero attached hydrogens (tertiary/aromatic N) is 2. The molecule has 27 heavy (non-hydrogen) atoms. The van der Waals surface area contributed by atoms with Crippen molar-refractivity contribution in [3.05, 3.63) is 82.8 Å². The second kappa shape index (κ2) is 5.91. The molecule has 0 radical (unpaired) electrons. The molecular weight excluding hydrogens is 340 g/mol. The Hall–Kier alpha value is -3.21. The number of aryl methyl sites for hydroxylation is 2. The van der Waals surface area contributed by atoms with Crippen LogP contribution in [-0.2, 0) is 0 Å². The molecule has 2 aliphatic rings. The van der Waals surface area contributed by atoms with E-state index in [0.29, 0.717) is 6.42 Å². The number of hydrogen-bond donors (Lipinski definition) is 1. The van der Waals surface area contributed by atoms with Gasteiger partial charge in [0, 0.05) is 17.5 Å². The summed E-state index contributed by atoms with van der Waals surface area (Å²) in [5, 5.41) is 17.2. The minimum atomic E-state index is -0.428. The first-order chi connectivity index (χ1) is 13.1. The zero-order chi connectivity index (χ0) is 18.5. The van der Waals surface area contributed by atoms with Gasteiger partial charge in [0.15, 0.2) is 5.76 Å². The van der Waals surface area contributed by atoms with Crippen LogP contribution in [0.15, 0.2) is 64.1 Å². The van der Waals surface area contributed by atoms with Gasteiger partial charge in [0.25, 0.3) is 0 Å². The fourth-order valence-electron chi connectivity index (χ4n) is 3.85. The van der Waals surface area contributed by atoms with E-state index in [1.807, 2.05) is 61.3 Å². The molecule has 2 atom stereocenters. The van der Waals surface area contributed by atoms with Gasteiger partial charge in [0.2, 0.25) is 6.23 Å². The van der Waals surface area contributed by atoms with Crippen molar-refractivity contribution in [2.75, 3.05) is 0 Å². The van der Waals surface area contributed by atoms with E-state index < -0.39 is 6.23 Å². The fraction of sp³-hybridized carbons (Fsp3) is 0.227. The van der Waals surface area contributed by atoms with Crippen molar-refractivity contribution in [2.24, 2.45) is 5.10 Å². The molecule has 2 aliphatic heterocycles. The third kappa shape index (κ3) is 2.58. The van der Waals surface area contributed by atoms with Gasteiger partial charge in [0.05, 0.1) is 11.8 Å². The van der Waals surface area contributed by atoms with Crippen LogP contribution in [0.3, 0.4) is 0 Å². The Morgan fingerprint density at radius 1 is 1.07 bits per heavy atom. The highest BCUT2D eigenvalue weighted by molar-refractivity contribution is 6.04. The van der Waals surface area contributed by atoms with E-state index in [1.165, 1.54) is 0 Å². The maximum Gasteiger partial charge on any atom is 0.246 e. The molecule has 5 heteroatoms. The van der Waals surface area contributed by atoms with Gasteiger partial charge in [0.1, 0.15) is 17.3 Å². The van der Waals surface area contributed by atoms with Gasteiger partial charge in [-0.1, -0.05) is 29.8 Å². The number of aromatic hydroxyl groups is 1. The minimum absolute atomic E-state index is 0.0419. The largest absolute Gasteiger partial charge is 0.507 e. The van der Waals surface area contributed by atoms with Crippen LogP contribution in [0, 0.1) is 13.8 Å². The van der Waals surface area contributed by atoms with Crippen molar-refractivity contribution in [2.45, 2.75) is 32.5 Å². The highest BCUT2D eigenvalue weighted by atomic mass is 16.5. The zero-order valence-corrected chi connectivity index (χ0v) is 15.2. The monoisotopic (exact) mass is 360 g/mol. The molecule has 0 bridgehead atoms. The van der Waals surface area contributed by atoms with Crippen molar-refractivity contribution < 1.29 is 14.3 Å². The van der Waals surface area contributed by atoms with E-state index in [9.17, 15) is 5.11 Å². The third-order valence-corrected chi connectivity index (χ3v) is 5.17. The van der Waals surface area contributed by atoms with E-state index in [1.54, 1.807) is 6.07 Å². The van der Waals surface area contributed by atoms with Gasteiger partial charge >= 0.3 is 0 Å². The first-order valence-electron chi connectivity index (χ1n) is 9.08. The van der Waals surface area contributed by atoms with Crippen molar-refractivity contribution >= 4 is 5.71 Å². The van der Waals surface area contributed by atoms with Crippen molar-refractivity contribution in [3.8, 4) is 11.5 Å². The van der Waals surface area contributed by atoms with Crippen LogP contribution >= 0.6 is 0 Å². The maximum atomic E-state index is 10.4. The average molecular weight is 360 g/mol. The van der Waals surface area contributed by atoms with Crippen molar-refractivity contribution in [1.82, 2.24) is 5.01 Å². The number of furan rings is 1. The number of hydrogen-bond acceptors (Lipinski definition) is 5. The molecular formula is C22H20N2O3. The Morgan fingerprint density at radius 2 is 1.93 bits per heavy atom. The molecule has 3 aromatic rings. The van der Waals surface area contributed by atoms with Crippen LogP contribution in [0.2, 0.25) is 0 Å². The predicted octanol–water partition coefficient (Wildman–Crippen LogP) is 4.84. The number of rotatable bonds is 2. The Kier molecular flexibility index (Phi) is 3.50. The van der Waals surface area contributed by atoms with Crippen molar-refractivity contribution in [3.63, 3.8) is 0 Å². The molecule has 3 heterocycles.